The number of hydrogen-bond donors (Lipinski definition) is 1. The SMILES string of the molecule is C=CCOc1c(Cl)cc(CNCc2ccc3c(c2)OCO3)cc1OC.Cl. The van der Waals surface area contributed by atoms with E-state index in [-0.39, 0.29) is 19.2 Å². The maximum Gasteiger partial charge on any atom is 0.231 e. The van der Waals surface area contributed by atoms with Crippen LogP contribution in [0.4, 0.5) is 0 Å². The largest absolute Gasteiger partial charge is 0.493 e. The van der Waals surface area contributed by atoms with Crippen molar-refractivity contribution in [1.82, 2.24) is 5.32 Å². The molecule has 26 heavy (non-hydrogen) atoms. The standard InChI is InChI=1S/C19H20ClNO4.ClH/c1-3-6-23-19-15(20)7-14(9-18(19)22-2)11-21-10-13-4-5-16-17(8-13)25-12-24-16;/h3-5,7-9,21H,1,6,10-12H2,2H3;1H. The molecule has 0 saturated carbocycles. The van der Waals surface area contributed by atoms with Gasteiger partial charge in [0.15, 0.2) is 23.0 Å². The molecule has 1 N–H and O–H groups in total. The minimum absolute atomic E-state index is 0. The molecule has 0 aliphatic carbocycles. The Balaban J connectivity index is 0.00000243. The van der Waals surface area contributed by atoms with Gasteiger partial charge in [-0.2, -0.15) is 0 Å². The van der Waals surface area contributed by atoms with E-state index in [1.54, 1.807) is 13.2 Å². The quantitative estimate of drug-likeness (QED) is 0.670. The third-order valence-corrected chi connectivity index (χ3v) is 4.01. The average molecular weight is 398 g/mol. The summed E-state index contributed by atoms with van der Waals surface area (Å²) in [5, 5.41) is 3.90. The molecule has 1 aliphatic heterocycles. The van der Waals surface area contributed by atoms with Crippen LogP contribution in [0.3, 0.4) is 0 Å². The molecule has 0 aromatic heterocycles. The first-order valence-electron chi connectivity index (χ1n) is 7.90. The van der Waals surface area contributed by atoms with Crippen molar-refractivity contribution in [3.8, 4) is 23.0 Å². The molecule has 0 fully saturated rings. The Bertz CT molecular complexity index is 767. The second-order valence-corrected chi connectivity index (χ2v) is 5.91. The first-order chi connectivity index (χ1) is 12.2. The van der Waals surface area contributed by atoms with Crippen molar-refractivity contribution >= 4 is 24.0 Å². The third-order valence-electron chi connectivity index (χ3n) is 3.73. The predicted octanol–water partition coefficient (Wildman–Crippen LogP) is 4.35. The van der Waals surface area contributed by atoms with Gasteiger partial charge in [-0.1, -0.05) is 30.3 Å². The summed E-state index contributed by atoms with van der Waals surface area (Å²) >= 11 is 6.31. The molecule has 0 atom stereocenters. The van der Waals surface area contributed by atoms with Gasteiger partial charge in [-0.05, 0) is 35.4 Å². The van der Waals surface area contributed by atoms with Gasteiger partial charge < -0.3 is 24.3 Å². The topological polar surface area (TPSA) is 49.0 Å². The van der Waals surface area contributed by atoms with Crippen LogP contribution in [0.15, 0.2) is 43.0 Å². The van der Waals surface area contributed by atoms with E-state index in [4.69, 9.17) is 30.5 Å². The zero-order chi connectivity index (χ0) is 17.6. The molecule has 2 aromatic carbocycles. The van der Waals surface area contributed by atoms with E-state index in [2.05, 4.69) is 11.9 Å². The summed E-state index contributed by atoms with van der Waals surface area (Å²) in [6.45, 7) is 5.63. The van der Waals surface area contributed by atoms with E-state index in [0.29, 0.717) is 36.2 Å². The summed E-state index contributed by atoms with van der Waals surface area (Å²) in [5.41, 5.74) is 2.13. The molecule has 0 radical (unpaired) electrons. The Morgan fingerprint density at radius 1 is 1.15 bits per heavy atom. The van der Waals surface area contributed by atoms with Crippen LogP contribution in [0, 0.1) is 0 Å². The van der Waals surface area contributed by atoms with Gasteiger partial charge in [0.05, 0.1) is 12.1 Å². The van der Waals surface area contributed by atoms with Gasteiger partial charge >= 0.3 is 0 Å². The zero-order valence-corrected chi connectivity index (χ0v) is 16.0. The highest BCUT2D eigenvalue weighted by atomic mass is 35.5. The Hall–Kier alpha value is -2.08. The molecule has 5 nitrogen and oxygen atoms in total. The van der Waals surface area contributed by atoms with Crippen molar-refractivity contribution in [1.29, 1.82) is 0 Å². The fraction of sp³-hybridized carbons (Fsp3) is 0.263. The normalized spacial score (nSPS) is 11.6. The molecule has 0 spiro atoms. The summed E-state index contributed by atoms with van der Waals surface area (Å²) in [5.74, 6) is 2.71. The van der Waals surface area contributed by atoms with Crippen molar-refractivity contribution < 1.29 is 18.9 Å². The Kier molecular flexibility index (Phi) is 7.45. The summed E-state index contributed by atoms with van der Waals surface area (Å²) in [7, 11) is 1.59. The van der Waals surface area contributed by atoms with Crippen LogP contribution < -0.4 is 24.3 Å². The number of nitrogens with one attached hydrogen (secondary N) is 1. The molecule has 3 rings (SSSR count). The van der Waals surface area contributed by atoms with Crippen LogP contribution in [0.5, 0.6) is 23.0 Å². The average Bonchev–Trinajstić information content (AvgIpc) is 3.08. The lowest BCUT2D eigenvalue weighted by Crippen LogP contribution is -2.13. The fourth-order valence-electron chi connectivity index (χ4n) is 2.56. The van der Waals surface area contributed by atoms with E-state index in [1.807, 2.05) is 30.3 Å². The monoisotopic (exact) mass is 397 g/mol. The van der Waals surface area contributed by atoms with Crippen LogP contribution in [-0.2, 0) is 13.1 Å². The van der Waals surface area contributed by atoms with Gasteiger partial charge in [0, 0.05) is 13.1 Å². The van der Waals surface area contributed by atoms with Crippen LogP contribution >= 0.6 is 24.0 Å². The molecule has 0 saturated heterocycles. The number of halogens is 2. The van der Waals surface area contributed by atoms with Crippen molar-refractivity contribution in [3.63, 3.8) is 0 Å². The molecule has 0 amide bonds. The lowest BCUT2D eigenvalue weighted by atomic mass is 10.1. The van der Waals surface area contributed by atoms with Crippen molar-refractivity contribution in [2.24, 2.45) is 0 Å². The first kappa shape index (κ1) is 20.2. The summed E-state index contributed by atoms with van der Waals surface area (Å²) < 4.78 is 21.6. The summed E-state index contributed by atoms with van der Waals surface area (Å²) in [6.07, 6.45) is 1.66. The minimum Gasteiger partial charge on any atom is -0.493 e. The zero-order valence-electron chi connectivity index (χ0n) is 14.4. The molecule has 0 unspecified atom stereocenters. The maximum atomic E-state index is 6.31. The summed E-state index contributed by atoms with van der Waals surface area (Å²) in [4.78, 5) is 0. The molecule has 1 heterocycles. The molecule has 2 aromatic rings. The van der Waals surface area contributed by atoms with Crippen LogP contribution in [-0.4, -0.2) is 20.5 Å². The van der Waals surface area contributed by atoms with E-state index in [0.717, 1.165) is 22.6 Å². The van der Waals surface area contributed by atoms with Gasteiger partial charge in [-0.15, -0.1) is 12.4 Å². The molecule has 140 valence electrons. The van der Waals surface area contributed by atoms with E-state index in [1.165, 1.54) is 0 Å². The predicted molar refractivity (Wildman–Crippen MR) is 104 cm³/mol. The lowest BCUT2D eigenvalue weighted by molar-refractivity contribution is 0.174. The highest BCUT2D eigenvalue weighted by molar-refractivity contribution is 6.32. The second-order valence-electron chi connectivity index (χ2n) is 5.50. The second kappa shape index (κ2) is 9.57. The molecular weight excluding hydrogens is 377 g/mol. The van der Waals surface area contributed by atoms with E-state index >= 15 is 0 Å². The minimum atomic E-state index is 0. The fourth-order valence-corrected chi connectivity index (χ4v) is 2.85. The Morgan fingerprint density at radius 3 is 2.69 bits per heavy atom. The molecule has 7 heteroatoms. The highest BCUT2D eigenvalue weighted by Gasteiger charge is 2.14. The van der Waals surface area contributed by atoms with Gasteiger partial charge in [0.2, 0.25) is 6.79 Å². The van der Waals surface area contributed by atoms with Gasteiger partial charge in [-0.25, -0.2) is 0 Å². The number of methoxy groups -OCH3 is 1. The Morgan fingerprint density at radius 2 is 1.92 bits per heavy atom. The highest BCUT2D eigenvalue weighted by Crippen LogP contribution is 2.36. The molecule has 0 bridgehead atoms. The van der Waals surface area contributed by atoms with Crippen molar-refractivity contribution in [3.05, 3.63) is 59.1 Å². The molecular formula is C19H21Cl2NO4. The van der Waals surface area contributed by atoms with Gasteiger partial charge in [0.25, 0.3) is 0 Å². The summed E-state index contributed by atoms with van der Waals surface area (Å²) in [6, 6.07) is 9.70. The third kappa shape index (κ3) is 4.75. The number of ether oxygens (including phenoxy) is 4. The van der Waals surface area contributed by atoms with Crippen molar-refractivity contribution in [2.45, 2.75) is 13.1 Å². The molecule has 1 aliphatic rings. The number of benzene rings is 2. The van der Waals surface area contributed by atoms with E-state index < -0.39 is 0 Å². The van der Waals surface area contributed by atoms with Gasteiger partial charge in [-0.3, -0.25) is 0 Å². The first-order valence-corrected chi connectivity index (χ1v) is 8.28. The number of hydrogen-bond acceptors (Lipinski definition) is 5. The lowest BCUT2D eigenvalue weighted by Gasteiger charge is -2.14. The van der Waals surface area contributed by atoms with Crippen molar-refractivity contribution in [2.75, 3.05) is 20.5 Å². The van der Waals surface area contributed by atoms with Crippen LogP contribution in [0.2, 0.25) is 5.02 Å². The number of fused-ring (bicyclic) bond motifs is 1. The number of rotatable bonds is 8. The smallest absolute Gasteiger partial charge is 0.231 e. The van der Waals surface area contributed by atoms with E-state index in [9.17, 15) is 0 Å². The van der Waals surface area contributed by atoms with Gasteiger partial charge in [0.1, 0.15) is 6.61 Å². The van der Waals surface area contributed by atoms with Crippen LogP contribution in [0.1, 0.15) is 11.1 Å². The maximum absolute atomic E-state index is 6.31. The van der Waals surface area contributed by atoms with Crippen LogP contribution in [0.25, 0.3) is 0 Å². The Labute approximate surface area is 164 Å².